The molecule has 2 bridgehead atoms. The smallest absolute Gasteiger partial charge is 0.225 e. The predicted molar refractivity (Wildman–Crippen MR) is 66.0 cm³/mol. The predicted octanol–water partition coefficient (Wildman–Crippen LogP) is 2.97. The van der Waals surface area contributed by atoms with Crippen LogP contribution in [0.5, 0.6) is 0 Å². The van der Waals surface area contributed by atoms with Crippen LogP contribution in [-0.2, 0) is 4.79 Å². The van der Waals surface area contributed by atoms with Crippen molar-refractivity contribution in [3.8, 4) is 0 Å². The Labute approximate surface area is 99.2 Å². The SMILES string of the molecule is C[C@@H](NC(=O)C(C)(C)C)[C@H]1C[C@H]2CC[C@H]1C2. The van der Waals surface area contributed by atoms with Gasteiger partial charge in [0.25, 0.3) is 0 Å². The first kappa shape index (κ1) is 11.9. The lowest BCUT2D eigenvalue weighted by molar-refractivity contribution is -0.129. The van der Waals surface area contributed by atoms with Crippen molar-refractivity contribution < 1.29 is 4.79 Å². The molecule has 0 spiro atoms. The summed E-state index contributed by atoms with van der Waals surface area (Å²) < 4.78 is 0. The average Bonchev–Trinajstić information content (AvgIpc) is 2.76. The van der Waals surface area contributed by atoms with Gasteiger partial charge in [-0.15, -0.1) is 0 Å². The van der Waals surface area contributed by atoms with Gasteiger partial charge in [0.1, 0.15) is 0 Å². The quantitative estimate of drug-likeness (QED) is 0.766. The highest BCUT2D eigenvalue weighted by molar-refractivity contribution is 5.81. The lowest BCUT2D eigenvalue weighted by Crippen LogP contribution is -2.44. The molecule has 92 valence electrons. The van der Waals surface area contributed by atoms with Crippen molar-refractivity contribution in [2.45, 2.75) is 59.4 Å². The van der Waals surface area contributed by atoms with E-state index in [0.717, 1.165) is 17.8 Å². The van der Waals surface area contributed by atoms with Gasteiger partial charge < -0.3 is 5.32 Å². The number of carbonyl (C=O) groups is 1. The Kier molecular flexibility index (Phi) is 3.02. The molecule has 4 atom stereocenters. The molecule has 0 aliphatic heterocycles. The maximum Gasteiger partial charge on any atom is 0.225 e. The highest BCUT2D eigenvalue weighted by Gasteiger charge is 2.42. The monoisotopic (exact) mass is 223 g/mol. The summed E-state index contributed by atoms with van der Waals surface area (Å²) in [5.41, 5.74) is -0.258. The van der Waals surface area contributed by atoms with Crippen LogP contribution >= 0.6 is 0 Å². The molecule has 0 radical (unpaired) electrons. The van der Waals surface area contributed by atoms with E-state index in [4.69, 9.17) is 0 Å². The van der Waals surface area contributed by atoms with Crippen LogP contribution in [0.3, 0.4) is 0 Å². The second-order valence-corrected chi connectivity index (χ2v) is 6.85. The summed E-state index contributed by atoms with van der Waals surface area (Å²) >= 11 is 0. The molecule has 2 saturated carbocycles. The minimum absolute atomic E-state index is 0.197. The molecule has 0 unspecified atom stereocenters. The van der Waals surface area contributed by atoms with Crippen molar-refractivity contribution in [3.05, 3.63) is 0 Å². The van der Waals surface area contributed by atoms with Gasteiger partial charge in [-0.1, -0.05) is 27.2 Å². The number of amides is 1. The van der Waals surface area contributed by atoms with Crippen molar-refractivity contribution in [1.29, 1.82) is 0 Å². The van der Waals surface area contributed by atoms with E-state index in [2.05, 4.69) is 12.2 Å². The number of carbonyl (C=O) groups excluding carboxylic acids is 1. The van der Waals surface area contributed by atoms with Gasteiger partial charge in [0.05, 0.1) is 0 Å². The lowest BCUT2D eigenvalue weighted by atomic mass is 9.83. The first-order valence-corrected chi connectivity index (χ1v) is 6.69. The lowest BCUT2D eigenvalue weighted by Gasteiger charge is -2.30. The molecule has 1 amide bonds. The van der Waals surface area contributed by atoms with E-state index in [1.807, 2.05) is 20.8 Å². The van der Waals surface area contributed by atoms with Crippen LogP contribution in [0.2, 0.25) is 0 Å². The van der Waals surface area contributed by atoms with Crippen LogP contribution in [0.25, 0.3) is 0 Å². The highest BCUT2D eigenvalue weighted by Crippen LogP contribution is 2.49. The van der Waals surface area contributed by atoms with Crippen molar-refractivity contribution in [1.82, 2.24) is 5.32 Å². The molecule has 0 aromatic rings. The minimum atomic E-state index is -0.258. The van der Waals surface area contributed by atoms with Gasteiger partial charge in [0.15, 0.2) is 0 Å². The molecular formula is C14H25NO. The largest absolute Gasteiger partial charge is 0.353 e. The van der Waals surface area contributed by atoms with E-state index in [-0.39, 0.29) is 11.3 Å². The van der Waals surface area contributed by atoms with Gasteiger partial charge in [0.2, 0.25) is 5.91 Å². The Balaban J connectivity index is 1.89. The van der Waals surface area contributed by atoms with Crippen molar-refractivity contribution in [2.75, 3.05) is 0 Å². The normalized spacial score (nSPS) is 35.1. The molecular weight excluding hydrogens is 198 g/mol. The topological polar surface area (TPSA) is 29.1 Å². The van der Waals surface area contributed by atoms with Crippen molar-refractivity contribution in [3.63, 3.8) is 0 Å². The molecule has 2 aliphatic rings. The van der Waals surface area contributed by atoms with E-state index >= 15 is 0 Å². The molecule has 2 heteroatoms. The summed E-state index contributed by atoms with van der Waals surface area (Å²) in [4.78, 5) is 11.9. The van der Waals surface area contributed by atoms with Gasteiger partial charge in [0, 0.05) is 11.5 Å². The minimum Gasteiger partial charge on any atom is -0.353 e. The fourth-order valence-corrected chi connectivity index (χ4v) is 3.44. The van der Waals surface area contributed by atoms with E-state index in [0.29, 0.717) is 6.04 Å². The Morgan fingerprint density at radius 1 is 1.25 bits per heavy atom. The first-order valence-electron chi connectivity index (χ1n) is 6.69. The van der Waals surface area contributed by atoms with Crippen LogP contribution in [0.15, 0.2) is 0 Å². The summed E-state index contributed by atoms with van der Waals surface area (Å²) in [5, 5.41) is 3.21. The summed E-state index contributed by atoms with van der Waals surface area (Å²) in [6.07, 6.45) is 5.59. The van der Waals surface area contributed by atoms with Gasteiger partial charge in [-0.2, -0.15) is 0 Å². The summed E-state index contributed by atoms with van der Waals surface area (Å²) in [7, 11) is 0. The standard InChI is InChI=1S/C14H25NO/c1-9(15-13(16)14(2,3)4)12-8-10-5-6-11(12)7-10/h9-12H,5-8H2,1-4H3,(H,15,16)/t9-,10+,11+,12-/m1/s1. The van der Waals surface area contributed by atoms with Crippen LogP contribution in [0.4, 0.5) is 0 Å². The second-order valence-electron chi connectivity index (χ2n) is 6.85. The van der Waals surface area contributed by atoms with Crippen molar-refractivity contribution in [2.24, 2.45) is 23.2 Å². The summed E-state index contributed by atoms with van der Waals surface area (Å²) in [5.74, 6) is 2.79. The number of hydrogen-bond donors (Lipinski definition) is 1. The molecule has 0 heterocycles. The Hall–Kier alpha value is -0.530. The van der Waals surface area contributed by atoms with Gasteiger partial charge in [-0.3, -0.25) is 4.79 Å². The molecule has 1 N–H and O–H groups in total. The van der Waals surface area contributed by atoms with E-state index in [1.54, 1.807) is 0 Å². The third kappa shape index (κ3) is 2.26. The van der Waals surface area contributed by atoms with Gasteiger partial charge in [-0.25, -0.2) is 0 Å². The van der Waals surface area contributed by atoms with Crippen LogP contribution in [-0.4, -0.2) is 11.9 Å². The molecule has 2 fully saturated rings. The Morgan fingerprint density at radius 2 is 1.94 bits per heavy atom. The zero-order valence-electron chi connectivity index (χ0n) is 11.0. The fourth-order valence-electron chi connectivity index (χ4n) is 3.44. The van der Waals surface area contributed by atoms with Crippen molar-refractivity contribution >= 4 is 5.91 Å². The molecule has 0 aromatic carbocycles. The third-order valence-corrected chi connectivity index (χ3v) is 4.47. The van der Waals surface area contributed by atoms with Crippen LogP contribution in [0, 0.1) is 23.2 Å². The summed E-state index contributed by atoms with van der Waals surface area (Å²) in [6, 6.07) is 0.363. The molecule has 16 heavy (non-hydrogen) atoms. The molecule has 0 saturated heterocycles. The van der Waals surface area contributed by atoms with E-state index in [9.17, 15) is 4.79 Å². The summed E-state index contributed by atoms with van der Waals surface area (Å²) in [6.45, 7) is 8.14. The zero-order valence-corrected chi connectivity index (χ0v) is 11.0. The molecule has 2 nitrogen and oxygen atoms in total. The molecule has 2 aliphatic carbocycles. The third-order valence-electron chi connectivity index (χ3n) is 4.47. The van der Waals surface area contributed by atoms with Crippen LogP contribution < -0.4 is 5.32 Å². The number of rotatable bonds is 2. The number of nitrogens with one attached hydrogen (secondary N) is 1. The number of fused-ring (bicyclic) bond motifs is 2. The fraction of sp³-hybridized carbons (Fsp3) is 0.929. The van der Waals surface area contributed by atoms with Gasteiger partial charge in [-0.05, 0) is 43.9 Å². The Morgan fingerprint density at radius 3 is 2.38 bits per heavy atom. The maximum absolute atomic E-state index is 11.9. The average molecular weight is 223 g/mol. The first-order chi connectivity index (χ1) is 7.38. The molecule has 2 rings (SSSR count). The molecule has 0 aromatic heterocycles. The second kappa shape index (κ2) is 4.05. The maximum atomic E-state index is 11.9. The number of hydrogen-bond acceptors (Lipinski definition) is 1. The highest BCUT2D eigenvalue weighted by atomic mass is 16.2. The van der Waals surface area contributed by atoms with Gasteiger partial charge >= 0.3 is 0 Å². The zero-order chi connectivity index (χ0) is 11.9. The van der Waals surface area contributed by atoms with Crippen LogP contribution in [0.1, 0.15) is 53.4 Å². The van der Waals surface area contributed by atoms with E-state index in [1.165, 1.54) is 25.7 Å². The Bertz CT molecular complexity index is 279. The van der Waals surface area contributed by atoms with E-state index < -0.39 is 0 Å².